The quantitative estimate of drug-likeness (QED) is 0.510. The van der Waals surface area contributed by atoms with Gasteiger partial charge in [-0.2, -0.15) is 21.6 Å². The molecule has 0 unspecified atom stereocenters. The first-order chi connectivity index (χ1) is 10.6. The smallest absolute Gasteiger partial charge is 0.375 e. The number of amides is 2. The Morgan fingerprint density at radius 3 is 2.26 bits per heavy atom. The number of benzene rings is 2. The Hall–Kier alpha value is -2.62. The highest BCUT2D eigenvalue weighted by atomic mass is 32.2. The van der Waals surface area contributed by atoms with Crippen molar-refractivity contribution in [3.63, 3.8) is 0 Å². The second-order valence-corrected chi connectivity index (χ2v) is 6.15. The molecule has 0 spiro atoms. The van der Waals surface area contributed by atoms with Crippen molar-refractivity contribution < 1.29 is 35.4 Å². The van der Waals surface area contributed by atoms with Crippen molar-refractivity contribution >= 4 is 32.7 Å². The Morgan fingerprint density at radius 1 is 1.00 bits per heavy atom. The Bertz CT molecular complexity index is 965. The highest BCUT2D eigenvalue weighted by Gasteiger charge is 2.49. The second-order valence-electron chi connectivity index (χ2n) is 4.61. The molecule has 0 fully saturated rings. The first kappa shape index (κ1) is 15.3. The summed E-state index contributed by atoms with van der Waals surface area (Å²) in [7, 11) is -5.97. The molecular formula is C13H6F3NO5S. The number of halogens is 3. The number of imide groups is 1. The molecule has 0 atom stereocenters. The van der Waals surface area contributed by atoms with Crippen molar-refractivity contribution in [2.75, 3.05) is 0 Å². The average molecular weight is 345 g/mol. The molecular weight excluding hydrogens is 339 g/mol. The molecule has 0 aromatic heterocycles. The first-order valence-corrected chi connectivity index (χ1v) is 7.45. The first-order valence-electron chi connectivity index (χ1n) is 6.04. The molecule has 2 aromatic rings. The zero-order valence-electron chi connectivity index (χ0n) is 11.0. The van der Waals surface area contributed by atoms with Crippen LogP contribution in [0.4, 0.5) is 13.2 Å². The van der Waals surface area contributed by atoms with E-state index in [1.807, 2.05) is 5.32 Å². The Balaban J connectivity index is 2.29. The standard InChI is InChI=1S/C13H6F3NO5S/c14-13(15,16)23(20,21)22-8-5-6-3-1-2-4-7(6)9-10(8)12(19)17-11(9)18/h1-5H,(H,17,18,19). The minimum Gasteiger partial charge on any atom is -0.375 e. The summed E-state index contributed by atoms with van der Waals surface area (Å²) in [4.78, 5) is 23.6. The fraction of sp³-hybridized carbons (Fsp3) is 0.0769. The van der Waals surface area contributed by atoms with Gasteiger partial charge < -0.3 is 4.18 Å². The lowest BCUT2D eigenvalue weighted by Crippen LogP contribution is -2.28. The summed E-state index contributed by atoms with van der Waals surface area (Å²) in [6.07, 6.45) is 0. The second kappa shape index (κ2) is 4.69. The van der Waals surface area contributed by atoms with E-state index in [0.717, 1.165) is 6.07 Å². The van der Waals surface area contributed by atoms with E-state index < -0.39 is 38.8 Å². The number of hydrogen-bond acceptors (Lipinski definition) is 5. The monoisotopic (exact) mass is 345 g/mol. The zero-order chi connectivity index (χ0) is 17.0. The summed E-state index contributed by atoms with van der Waals surface area (Å²) < 4.78 is 63.9. The predicted molar refractivity (Wildman–Crippen MR) is 71.3 cm³/mol. The number of hydrogen-bond donors (Lipinski definition) is 1. The average Bonchev–Trinajstić information content (AvgIpc) is 2.73. The van der Waals surface area contributed by atoms with Crippen LogP contribution in [0.15, 0.2) is 30.3 Å². The molecule has 0 saturated carbocycles. The van der Waals surface area contributed by atoms with Gasteiger partial charge >= 0.3 is 15.6 Å². The molecule has 2 amide bonds. The van der Waals surface area contributed by atoms with Gasteiger partial charge in [-0.25, -0.2) is 0 Å². The van der Waals surface area contributed by atoms with E-state index in [0.29, 0.717) is 5.39 Å². The van der Waals surface area contributed by atoms with Gasteiger partial charge in [0.25, 0.3) is 11.8 Å². The maximum Gasteiger partial charge on any atom is 0.534 e. The lowest BCUT2D eigenvalue weighted by molar-refractivity contribution is -0.0500. The molecule has 6 nitrogen and oxygen atoms in total. The topological polar surface area (TPSA) is 89.5 Å². The van der Waals surface area contributed by atoms with E-state index in [4.69, 9.17) is 0 Å². The van der Waals surface area contributed by atoms with Gasteiger partial charge in [-0.3, -0.25) is 14.9 Å². The largest absolute Gasteiger partial charge is 0.534 e. The lowest BCUT2D eigenvalue weighted by Gasteiger charge is -2.12. The van der Waals surface area contributed by atoms with Crippen molar-refractivity contribution in [3.05, 3.63) is 41.5 Å². The van der Waals surface area contributed by atoms with E-state index in [1.54, 1.807) is 6.07 Å². The van der Waals surface area contributed by atoms with Gasteiger partial charge in [-0.05, 0) is 16.8 Å². The van der Waals surface area contributed by atoms with E-state index in [-0.39, 0.29) is 10.9 Å². The maximum absolute atomic E-state index is 12.5. The van der Waals surface area contributed by atoms with Gasteiger partial charge in [0.1, 0.15) is 0 Å². The van der Waals surface area contributed by atoms with Crippen LogP contribution in [0.25, 0.3) is 10.8 Å². The van der Waals surface area contributed by atoms with Crippen LogP contribution >= 0.6 is 0 Å². The Labute approximate surface area is 127 Å². The predicted octanol–water partition coefficient (Wildman–Crippen LogP) is 1.95. The van der Waals surface area contributed by atoms with Crippen LogP contribution in [0.1, 0.15) is 20.7 Å². The number of rotatable bonds is 2. The molecule has 23 heavy (non-hydrogen) atoms. The van der Waals surface area contributed by atoms with Gasteiger partial charge in [-0.1, -0.05) is 24.3 Å². The number of fused-ring (bicyclic) bond motifs is 3. The van der Waals surface area contributed by atoms with Gasteiger partial charge in [0.15, 0.2) is 5.75 Å². The maximum atomic E-state index is 12.5. The van der Waals surface area contributed by atoms with E-state index in [2.05, 4.69) is 4.18 Å². The molecule has 0 saturated heterocycles. The van der Waals surface area contributed by atoms with Crippen LogP contribution in [0.2, 0.25) is 0 Å². The molecule has 1 aliphatic heterocycles. The third-order valence-corrected chi connectivity index (χ3v) is 4.14. The van der Waals surface area contributed by atoms with Gasteiger partial charge in [-0.15, -0.1) is 0 Å². The van der Waals surface area contributed by atoms with Crippen molar-refractivity contribution in [1.29, 1.82) is 0 Å². The van der Waals surface area contributed by atoms with Crippen molar-refractivity contribution in [1.82, 2.24) is 5.32 Å². The third-order valence-electron chi connectivity index (χ3n) is 3.18. The molecule has 120 valence electrons. The summed E-state index contributed by atoms with van der Waals surface area (Å²) in [6, 6.07) is 6.99. The minimum atomic E-state index is -5.97. The zero-order valence-corrected chi connectivity index (χ0v) is 11.8. The summed E-state index contributed by atoms with van der Waals surface area (Å²) in [6.45, 7) is 0. The van der Waals surface area contributed by atoms with Gasteiger partial charge in [0, 0.05) is 0 Å². The van der Waals surface area contributed by atoms with E-state index in [9.17, 15) is 31.2 Å². The van der Waals surface area contributed by atoms with Crippen LogP contribution in [0.5, 0.6) is 5.75 Å². The van der Waals surface area contributed by atoms with E-state index >= 15 is 0 Å². The summed E-state index contributed by atoms with van der Waals surface area (Å²) in [5, 5.41) is 2.45. The van der Waals surface area contributed by atoms with Crippen LogP contribution in [0.3, 0.4) is 0 Å². The number of alkyl halides is 3. The lowest BCUT2D eigenvalue weighted by atomic mass is 9.99. The molecule has 0 bridgehead atoms. The number of nitrogens with one attached hydrogen (secondary N) is 1. The molecule has 0 radical (unpaired) electrons. The summed E-state index contributed by atoms with van der Waals surface area (Å²) in [5.41, 5.74) is -6.42. The molecule has 10 heteroatoms. The van der Waals surface area contributed by atoms with Crippen LogP contribution < -0.4 is 9.50 Å². The third kappa shape index (κ3) is 2.31. The van der Waals surface area contributed by atoms with Crippen molar-refractivity contribution in [3.8, 4) is 5.75 Å². The molecule has 2 aromatic carbocycles. The summed E-state index contributed by atoms with van der Waals surface area (Å²) in [5.74, 6) is -2.71. The van der Waals surface area contributed by atoms with Crippen molar-refractivity contribution in [2.45, 2.75) is 5.51 Å². The van der Waals surface area contributed by atoms with Gasteiger partial charge in [0.2, 0.25) is 0 Å². The molecule has 3 rings (SSSR count). The Kier molecular flexibility index (Phi) is 3.11. The van der Waals surface area contributed by atoms with E-state index in [1.165, 1.54) is 18.2 Å². The number of carbonyl (C=O) groups excluding carboxylic acids is 2. The SMILES string of the molecule is O=C1NC(=O)c2c1c(OS(=O)(=O)C(F)(F)F)cc1ccccc21. The van der Waals surface area contributed by atoms with Gasteiger partial charge in [0.05, 0.1) is 11.1 Å². The fourth-order valence-electron chi connectivity index (χ4n) is 2.24. The molecule has 1 N–H and O–H groups in total. The molecule has 1 heterocycles. The number of carbonyl (C=O) groups is 2. The van der Waals surface area contributed by atoms with Crippen LogP contribution in [-0.4, -0.2) is 25.7 Å². The normalized spacial score (nSPS) is 14.7. The highest BCUT2D eigenvalue weighted by molar-refractivity contribution is 7.88. The van der Waals surface area contributed by atoms with Crippen LogP contribution in [0, 0.1) is 0 Å². The van der Waals surface area contributed by atoms with Crippen molar-refractivity contribution in [2.24, 2.45) is 0 Å². The fourth-order valence-corrected chi connectivity index (χ4v) is 2.70. The highest BCUT2D eigenvalue weighted by Crippen LogP contribution is 2.36. The summed E-state index contributed by atoms with van der Waals surface area (Å²) >= 11 is 0. The van der Waals surface area contributed by atoms with Crippen LogP contribution in [-0.2, 0) is 10.1 Å². The molecule has 0 aliphatic carbocycles. The molecule has 1 aliphatic rings. The Morgan fingerprint density at radius 2 is 1.61 bits per heavy atom. The minimum absolute atomic E-state index is 0.222.